The fourth-order valence-corrected chi connectivity index (χ4v) is 4.43. The van der Waals surface area contributed by atoms with Crippen molar-refractivity contribution in [2.75, 3.05) is 18.4 Å². The molecule has 1 aliphatic heterocycles. The Kier molecular flexibility index (Phi) is 5.05. The molecule has 0 bridgehead atoms. The van der Waals surface area contributed by atoms with Gasteiger partial charge in [0.1, 0.15) is 16.5 Å². The lowest BCUT2D eigenvalue weighted by molar-refractivity contribution is -0.120. The topological polar surface area (TPSA) is 84.3 Å². The molecule has 2 aromatic rings. The molecule has 3 rings (SSSR count). The second kappa shape index (κ2) is 7.12. The van der Waals surface area contributed by atoms with Crippen LogP contribution in [-0.2, 0) is 21.9 Å². The monoisotopic (exact) mass is 384 g/mol. The molecule has 10 heteroatoms. The summed E-state index contributed by atoms with van der Waals surface area (Å²) >= 11 is 0. The molecule has 140 valence electrons. The lowest BCUT2D eigenvalue weighted by atomic mass is 9.97. The molecule has 0 saturated carbocycles. The molecule has 0 atom stereocenters. The number of aryl methyl sites for hydroxylation is 1. The number of benzene rings is 1. The number of hydrogen-bond donors (Lipinski definition) is 1. The zero-order chi connectivity index (χ0) is 18.9. The van der Waals surface area contributed by atoms with E-state index < -0.39 is 26.6 Å². The predicted molar refractivity (Wildman–Crippen MR) is 89.7 cm³/mol. The van der Waals surface area contributed by atoms with E-state index in [0.29, 0.717) is 11.9 Å². The number of anilines is 1. The second-order valence-corrected chi connectivity index (χ2v) is 8.02. The number of carbonyl (C=O) groups excluding carboxylic acids is 1. The smallest absolute Gasteiger partial charge is 0.246 e. The van der Waals surface area contributed by atoms with Crippen LogP contribution in [0.2, 0.25) is 0 Å². The molecule has 1 aromatic heterocycles. The van der Waals surface area contributed by atoms with Crippen molar-refractivity contribution in [1.82, 2.24) is 14.1 Å². The van der Waals surface area contributed by atoms with Gasteiger partial charge >= 0.3 is 0 Å². The molecule has 1 saturated heterocycles. The zero-order valence-electron chi connectivity index (χ0n) is 14.0. The van der Waals surface area contributed by atoms with Crippen LogP contribution in [0.1, 0.15) is 12.8 Å². The molecule has 0 radical (unpaired) electrons. The summed E-state index contributed by atoms with van der Waals surface area (Å²) in [5, 5.41) is 6.74. The number of sulfonamides is 1. The number of rotatable bonds is 4. The first-order valence-electron chi connectivity index (χ1n) is 8.03. The van der Waals surface area contributed by atoms with Crippen molar-refractivity contribution < 1.29 is 22.0 Å². The minimum absolute atomic E-state index is 0.0542. The van der Waals surface area contributed by atoms with E-state index in [0.717, 1.165) is 16.4 Å². The van der Waals surface area contributed by atoms with Crippen LogP contribution in [-0.4, -0.2) is 41.5 Å². The van der Waals surface area contributed by atoms with Gasteiger partial charge in [-0.1, -0.05) is 0 Å². The molecule has 0 aliphatic carbocycles. The first-order chi connectivity index (χ1) is 12.3. The van der Waals surface area contributed by atoms with Crippen LogP contribution in [0.5, 0.6) is 0 Å². The fraction of sp³-hybridized carbons (Fsp3) is 0.375. The number of aromatic nitrogens is 2. The minimum Gasteiger partial charge on any atom is -0.309 e. The minimum atomic E-state index is -4.15. The van der Waals surface area contributed by atoms with E-state index in [4.69, 9.17) is 0 Å². The van der Waals surface area contributed by atoms with Crippen molar-refractivity contribution >= 4 is 21.7 Å². The van der Waals surface area contributed by atoms with Gasteiger partial charge in [0.2, 0.25) is 15.9 Å². The van der Waals surface area contributed by atoms with Crippen LogP contribution >= 0.6 is 0 Å². The molecule has 0 spiro atoms. The normalized spacial score (nSPS) is 16.6. The van der Waals surface area contributed by atoms with Gasteiger partial charge in [0.25, 0.3) is 0 Å². The summed E-state index contributed by atoms with van der Waals surface area (Å²) in [6.45, 7) is 0.108. The summed E-state index contributed by atoms with van der Waals surface area (Å²) in [5.74, 6) is -2.01. The maximum Gasteiger partial charge on any atom is 0.246 e. The van der Waals surface area contributed by atoms with E-state index in [-0.39, 0.29) is 37.8 Å². The van der Waals surface area contributed by atoms with Gasteiger partial charge in [-0.2, -0.15) is 9.40 Å². The Morgan fingerprint density at radius 2 is 1.92 bits per heavy atom. The van der Waals surface area contributed by atoms with Crippen molar-refractivity contribution in [3.8, 4) is 0 Å². The molecular formula is C16H18F2N4O3S. The predicted octanol–water partition coefficient (Wildman–Crippen LogP) is 1.74. The Balaban J connectivity index is 1.66. The molecule has 0 unspecified atom stereocenters. The van der Waals surface area contributed by atoms with E-state index in [1.165, 1.54) is 0 Å². The molecule has 7 nitrogen and oxygen atoms in total. The van der Waals surface area contributed by atoms with Crippen LogP contribution in [0.15, 0.2) is 35.4 Å². The van der Waals surface area contributed by atoms with Gasteiger partial charge in [0, 0.05) is 38.3 Å². The third kappa shape index (κ3) is 3.75. The van der Waals surface area contributed by atoms with Crippen molar-refractivity contribution in [3.63, 3.8) is 0 Å². The Hall–Kier alpha value is -2.33. The summed E-state index contributed by atoms with van der Waals surface area (Å²) in [7, 11) is -2.42. The van der Waals surface area contributed by atoms with Crippen molar-refractivity contribution in [2.24, 2.45) is 13.0 Å². The highest BCUT2D eigenvalue weighted by molar-refractivity contribution is 7.89. The number of nitrogens with one attached hydrogen (secondary N) is 1. The number of nitrogens with zero attached hydrogens (tertiary/aromatic N) is 3. The number of amides is 1. The van der Waals surface area contributed by atoms with Crippen LogP contribution < -0.4 is 5.32 Å². The lowest BCUT2D eigenvalue weighted by Crippen LogP contribution is -2.41. The van der Waals surface area contributed by atoms with Gasteiger partial charge in [-0.3, -0.25) is 9.48 Å². The first kappa shape index (κ1) is 18.5. The third-order valence-electron chi connectivity index (χ3n) is 4.30. The summed E-state index contributed by atoms with van der Waals surface area (Å²) < 4.78 is 54.8. The largest absolute Gasteiger partial charge is 0.309 e. The number of hydrogen-bond acceptors (Lipinski definition) is 4. The Morgan fingerprint density at radius 1 is 1.23 bits per heavy atom. The molecule has 1 fully saturated rings. The Bertz CT molecular complexity index is 921. The first-order valence-corrected chi connectivity index (χ1v) is 9.47. The summed E-state index contributed by atoms with van der Waals surface area (Å²) in [4.78, 5) is 11.6. The van der Waals surface area contributed by atoms with Crippen LogP contribution in [0, 0.1) is 17.6 Å². The molecule has 2 heterocycles. The Morgan fingerprint density at radius 3 is 2.54 bits per heavy atom. The van der Waals surface area contributed by atoms with Crippen molar-refractivity contribution in [2.45, 2.75) is 17.7 Å². The summed E-state index contributed by atoms with van der Waals surface area (Å²) in [6, 6.07) is 3.98. The van der Waals surface area contributed by atoms with E-state index in [1.807, 2.05) is 0 Å². The standard InChI is InChI=1S/C16H18F2N4O3S/c1-21-7-6-15(20-21)19-16(23)11-4-8-22(9-5-11)26(24,25)14-10-12(17)2-3-13(14)18/h2-3,6-7,10-11H,4-5,8-9H2,1H3,(H,19,20,23). The molecular weight excluding hydrogens is 366 g/mol. The van der Waals surface area contributed by atoms with Crippen molar-refractivity contribution in [3.05, 3.63) is 42.1 Å². The maximum atomic E-state index is 13.8. The third-order valence-corrected chi connectivity index (χ3v) is 6.21. The number of piperidine rings is 1. The van der Waals surface area contributed by atoms with Crippen LogP contribution in [0.3, 0.4) is 0 Å². The highest BCUT2D eigenvalue weighted by Crippen LogP contribution is 2.26. The molecule has 1 N–H and O–H groups in total. The van der Waals surface area contributed by atoms with Crippen LogP contribution in [0.4, 0.5) is 14.6 Å². The van der Waals surface area contributed by atoms with E-state index >= 15 is 0 Å². The fourth-order valence-electron chi connectivity index (χ4n) is 2.88. The van der Waals surface area contributed by atoms with E-state index in [2.05, 4.69) is 10.4 Å². The van der Waals surface area contributed by atoms with Crippen LogP contribution in [0.25, 0.3) is 0 Å². The van der Waals surface area contributed by atoms with Gasteiger partial charge in [-0.25, -0.2) is 17.2 Å². The van der Waals surface area contributed by atoms with E-state index in [9.17, 15) is 22.0 Å². The lowest BCUT2D eigenvalue weighted by Gasteiger charge is -2.30. The summed E-state index contributed by atoms with van der Waals surface area (Å²) in [5.41, 5.74) is 0. The van der Waals surface area contributed by atoms with Gasteiger partial charge in [-0.05, 0) is 31.0 Å². The molecule has 1 amide bonds. The average molecular weight is 384 g/mol. The quantitative estimate of drug-likeness (QED) is 0.870. The molecule has 26 heavy (non-hydrogen) atoms. The van der Waals surface area contributed by atoms with Gasteiger partial charge in [-0.15, -0.1) is 0 Å². The van der Waals surface area contributed by atoms with Gasteiger partial charge < -0.3 is 5.32 Å². The maximum absolute atomic E-state index is 13.8. The van der Waals surface area contributed by atoms with Gasteiger partial charge in [0.15, 0.2) is 5.82 Å². The van der Waals surface area contributed by atoms with Crippen molar-refractivity contribution in [1.29, 1.82) is 0 Å². The second-order valence-electron chi connectivity index (χ2n) is 6.12. The highest BCUT2D eigenvalue weighted by atomic mass is 32.2. The highest BCUT2D eigenvalue weighted by Gasteiger charge is 2.33. The van der Waals surface area contributed by atoms with Gasteiger partial charge in [0.05, 0.1) is 0 Å². The average Bonchev–Trinajstić information content (AvgIpc) is 3.02. The Labute approximate surface area is 149 Å². The zero-order valence-corrected chi connectivity index (χ0v) is 14.8. The number of carbonyl (C=O) groups is 1. The van der Waals surface area contributed by atoms with E-state index in [1.54, 1.807) is 24.0 Å². The number of halogens is 2. The molecule has 1 aromatic carbocycles. The molecule has 1 aliphatic rings. The summed E-state index contributed by atoms with van der Waals surface area (Å²) in [6.07, 6.45) is 2.27. The SMILES string of the molecule is Cn1ccc(NC(=O)C2CCN(S(=O)(=O)c3cc(F)ccc3F)CC2)n1.